The molecule has 2 aromatic carbocycles. The number of hydrogen-bond acceptors (Lipinski definition) is 3. The van der Waals surface area contributed by atoms with Gasteiger partial charge in [0, 0.05) is 12.0 Å². The van der Waals surface area contributed by atoms with Crippen LogP contribution in [0.4, 0.5) is 0 Å². The lowest BCUT2D eigenvalue weighted by atomic mass is 10.0. The second-order valence-corrected chi connectivity index (χ2v) is 4.48. The van der Waals surface area contributed by atoms with E-state index >= 15 is 0 Å². The van der Waals surface area contributed by atoms with Crippen LogP contribution in [-0.4, -0.2) is 12.8 Å². The minimum Gasteiger partial charge on any atom is -0.497 e. The normalized spacial score (nSPS) is 17.7. The Morgan fingerprint density at radius 3 is 2.74 bits per heavy atom. The molecule has 1 aliphatic rings. The molecule has 19 heavy (non-hydrogen) atoms. The number of methoxy groups -OCH3 is 1. The number of hydrogen-bond donors (Lipinski definition) is 0. The Kier molecular flexibility index (Phi) is 3.19. The molecule has 3 rings (SSSR count). The zero-order valence-corrected chi connectivity index (χ0v) is 10.7. The Hall–Kier alpha value is -2.29. The fourth-order valence-corrected chi connectivity index (χ4v) is 2.20. The summed E-state index contributed by atoms with van der Waals surface area (Å²) in [5.41, 5.74) is 3.18. The van der Waals surface area contributed by atoms with Crippen LogP contribution in [0.25, 0.3) is 0 Å². The molecule has 0 aromatic heterocycles. The average molecular weight is 253 g/mol. The molecule has 3 heteroatoms. The van der Waals surface area contributed by atoms with Gasteiger partial charge in [0.15, 0.2) is 6.10 Å². The van der Waals surface area contributed by atoms with Crippen LogP contribution in [0, 0.1) is 0 Å². The third-order valence-corrected chi connectivity index (χ3v) is 3.24. The molecule has 0 aliphatic carbocycles. The summed E-state index contributed by atoms with van der Waals surface area (Å²) in [4.78, 5) is 5.53. The van der Waals surface area contributed by atoms with Crippen LogP contribution in [0.15, 0.2) is 59.8 Å². The first-order chi connectivity index (χ1) is 9.36. The molecule has 1 aliphatic heterocycles. The molecule has 0 radical (unpaired) electrons. The van der Waals surface area contributed by atoms with E-state index in [1.54, 1.807) is 7.11 Å². The maximum atomic E-state index is 5.53. The smallest absolute Gasteiger partial charge is 0.158 e. The Labute approximate surface area is 112 Å². The number of benzene rings is 2. The predicted octanol–water partition coefficient (Wildman–Crippen LogP) is 3.56. The minimum atomic E-state index is 0.0161. The molecule has 0 N–H and O–H groups in total. The zero-order chi connectivity index (χ0) is 13.1. The summed E-state index contributed by atoms with van der Waals surface area (Å²) in [5.74, 6) is 0.836. The molecule has 1 atom stereocenters. The van der Waals surface area contributed by atoms with Crippen molar-refractivity contribution in [2.45, 2.75) is 12.5 Å². The fourth-order valence-electron chi connectivity index (χ4n) is 2.20. The van der Waals surface area contributed by atoms with Gasteiger partial charge in [0.25, 0.3) is 0 Å². The van der Waals surface area contributed by atoms with Crippen molar-refractivity contribution >= 4 is 5.71 Å². The topological polar surface area (TPSA) is 30.8 Å². The average Bonchev–Trinajstić information content (AvgIpc) is 2.98. The zero-order valence-electron chi connectivity index (χ0n) is 10.7. The summed E-state index contributed by atoms with van der Waals surface area (Å²) < 4.78 is 5.23. The van der Waals surface area contributed by atoms with Crippen molar-refractivity contribution in [2.75, 3.05) is 7.11 Å². The molecule has 2 aromatic rings. The second kappa shape index (κ2) is 5.14. The van der Waals surface area contributed by atoms with Crippen molar-refractivity contribution in [2.24, 2.45) is 5.16 Å². The van der Waals surface area contributed by atoms with Crippen molar-refractivity contribution in [1.29, 1.82) is 0 Å². The fraction of sp³-hybridized carbons (Fsp3) is 0.188. The maximum Gasteiger partial charge on any atom is 0.158 e. The van der Waals surface area contributed by atoms with E-state index in [1.165, 1.54) is 0 Å². The van der Waals surface area contributed by atoms with Gasteiger partial charge in [0.1, 0.15) is 5.75 Å². The summed E-state index contributed by atoms with van der Waals surface area (Å²) in [5, 5.41) is 4.20. The maximum absolute atomic E-state index is 5.53. The summed E-state index contributed by atoms with van der Waals surface area (Å²) in [7, 11) is 1.67. The van der Waals surface area contributed by atoms with E-state index in [1.807, 2.05) is 42.5 Å². The monoisotopic (exact) mass is 253 g/mol. The lowest BCUT2D eigenvalue weighted by molar-refractivity contribution is 0.0857. The molecule has 1 unspecified atom stereocenters. The van der Waals surface area contributed by atoms with Gasteiger partial charge in [-0.05, 0) is 17.7 Å². The highest BCUT2D eigenvalue weighted by atomic mass is 16.6. The van der Waals surface area contributed by atoms with Crippen LogP contribution >= 0.6 is 0 Å². The molecule has 96 valence electrons. The molecule has 0 saturated carbocycles. The van der Waals surface area contributed by atoms with Crippen molar-refractivity contribution < 1.29 is 9.57 Å². The third kappa shape index (κ3) is 2.45. The van der Waals surface area contributed by atoms with Crippen molar-refractivity contribution in [1.82, 2.24) is 0 Å². The Balaban J connectivity index is 1.78. The van der Waals surface area contributed by atoms with E-state index in [9.17, 15) is 0 Å². The van der Waals surface area contributed by atoms with Crippen LogP contribution in [0.3, 0.4) is 0 Å². The minimum absolute atomic E-state index is 0.0161. The third-order valence-electron chi connectivity index (χ3n) is 3.24. The van der Waals surface area contributed by atoms with Gasteiger partial charge >= 0.3 is 0 Å². The van der Waals surface area contributed by atoms with E-state index < -0.39 is 0 Å². The molecule has 0 fully saturated rings. The van der Waals surface area contributed by atoms with E-state index in [4.69, 9.17) is 9.57 Å². The SMILES string of the molecule is COc1cccc(C2=NOC(c3ccccc3)C2)c1. The largest absolute Gasteiger partial charge is 0.497 e. The lowest BCUT2D eigenvalue weighted by Crippen LogP contribution is -2.01. The standard InChI is InChI=1S/C16H15NO2/c1-18-14-9-5-8-13(10-14)15-11-16(19-17-15)12-6-3-2-4-7-12/h2-10,16H,11H2,1H3. The van der Waals surface area contributed by atoms with Gasteiger partial charge in [-0.15, -0.1) is 0 Å². The predicted molar refractivity (Wildman–Crippen MR) is 74.4 cm³/mol. The Bertz CT molecular complexity index is 593. The number of rotatable bonds is 3. The summed E-state index contributed by atoms with van der Waals surface area (Å²) in [6, 6.07) is 18.1. The van der Waals surface area contributed by atoms with E-state index in [0.29, 0.717) is 0 Å². The van der Waals surface area contributed by atoms with Gasteiger partial charge in [0.2, 0.25) is 0 Å². The Morgan fingerprint density at radius 1 is 1.11 bits per heavy atom. The van der Waals surface area contributed by atoms with E-state index in [-0.39, 0.29) is 6.10 Å². The van der Waals surface area contributed by atoms with Gasteiger partial charge < -0.3 is 9.57 Å². The van der Waals surface area contributed by atoms with Crippen molar-refractivity contribution in [3.8, 4) is 5.75 Å². The quantitative estimate of drug-likeness (QED) is 0.837. The van der Waals surface area contributed by atoms with E-state index in [2.05, 4.69) is 17.3 Å². The second-order valence-electron chi connectivity index (χ2n) is 4.48. The summed E-state index contributed by atoms with van der Waals surface area (Å²) in [6.45, 7) is 0. The van der Waals surface area contributed by atoms with Crippen LogP contribution in [0.5, 0.6) is 5.75 Å². The van der Waals surface area contributed by atoms with Crippen molar-refractivity contribution in [3.63, 3.8) is 0 Å². The first kappa shape index (κ1) is 11.8. The molecule has 0 spiro atoms. The highest BCUT2D eigenvalue weighted by molar-refractivity contribution is 6.01. The number of oxime groups is 1. The Morgan fingerprint density at radius 2 is 1.95 bits per heavy atom. The molecular formula is C16H15NO2. The van der Waals surface area contributed by atoms with Gasteiger partial charge in [-0.2, -0.15) is 0 Å². The first-order valence-corrected chi connectivity index (χ1v) is 6.29. The van der Waals surface area contributed by atoms with Gasteiger partial charge in [-0.3, -0.25) is 0 Å². The first-order valence-electron chi connectivity index (χ1n) is 6.29. The molecule has 0 amide bonds. The van der Waals surface area contributed by atoms with Gasteiger partial charge in [-0.1, -0.05) is 47.6 Å². The van der Waals surface area contributed by atoms with Crippen LogP contribution < -0.4 is 4.74 Å². The molecule has 0 saturated heterocycles. The molecular weight excluding hydrogens is 238 g/mol. The molecule has 1 heterocycles. The van der Waals surface area contributed by atoms with Crippen LogP contribution in [0.2, 0.25) is 0 Å². The molecule has 3 nitrogen and oxygen atoms in total. The number of ether oxygens (including phenoxy) is 1. The van der Waals surface area contributed by atoms with Crippen LogP contribution in [-0.2, 0) is 4.84 Å². The summed E-state index contributed by atoms with van der Waals surface area (Å²) >= 11 is 0. The van der Waals surface area contributed by atoms with Crippen molar-refractivity contribution in [3.05, 3.63) is 65.7 Å². The highest BCUT2D eigenvalue weighted by Crippen LogP contribution is 2.29. The highest BCUT2D eigenvalue weighted by Gasteiger charge is 2.23. The molecule has 0 bridgehead atoms. The number of nitrogens with zero attached hydrogens (tertiary/aromatic N) is 1. The van der Waals surface area contributed by atoms with E-state index in [0.717, 1.165) is 29.0 Å². The summed E-state index contributed by atoms with van der Waals surface area (Å²) in [6.07, 6.45) is 0.805. The van der Waals surface area contributed by atoms with Gasteiger partial charge in [-0.25, -0.2) is 0 Å². The van der Waals surface area contributed by atoms with Crippen LogP contribution in [0.1, 0.15) is 23.7 Å². The lowest BCUT2D eigenvalue weighted by Gasteiger charge is -2.07. The van der Waals surface area contributed by atoms with Gasteiger partial charge in [0.05, 0.1) is 12.8 Å².